The molecule has 0 aromatic heterocycles. The smallest absolute Gasteiger partial charge is 0.223 e. The average Bonchev–Trinajstić information content (AvgIpc) is 2.85. The molecule has 0 spiro atoms. The quantitative estimate of drug-likeness (QED) is 0.696. The van der Waals surface area contributed by atoms with E-state index in [2.05, 4.69) is 10.2 Å². The molecule has 2 aliphatic rings. The van der Waals surface area contributed by atoms with Gasteiger partial charge >= 0.3 is 0 Å². The fraction of sp³-hybridized carbons (Fsp3) is 0.923. The summed E-state index contributed by atoms with van der Waals surface area (Å²) in [6, 6.07) is 0. The van der Waals surface area contributed by atoms with Crippen LogP contribution in [0.1, 0.15) is 19.3 Å². The van der Waals surface area contributed by atoms with Crippen LogP contribution in [-0.4, -0.2) is 73.2 Å². The number of hydrogen-bond acceptors (Lipinski definition) is 4. The molecule has 0 aliphatic carbocycles. The second kappa shape index (κ2) is 7.07. The lowest BCUT2D eigenvalue weighted by Gasteiger charge is -2.28. The lowest BCUT2D eigenvalue weighted by atomic mass is 10.1. The Morgan fingerprint density at radius 3 is 2.78 bits per heavy atom. The highest BCUT2D eigenvalue weighted by molar-refractivity contribution is 5.76. The minimum Gasteiger partial charge on any atom is -0.396 e. The number of aliphatic hydroxyl groups is 1. The molecule has 0 aromatic rings. The Balaban J connectivity index is 1.64. The number of nitrogens with zero attached hydrogens (tertiary/aromatic N) is 2. The maximum Gasteiger partial charge on any atom is 0.223 e. The van der Waals surface area contributed by atoms with Crippen molar-refractivity contribution in [1.82, 2.24) is 15.1 Å². The van der Waals surface area contributed by atoms with Gasteiger partial charge in [0.1, 0.15) is 0 Å². The van der Waals surface area contributed by atoms with Crippen LogP contribution < -0.4 is 5.32 Å². The van der Waals surface area contributed by atoms with E-state index in [4.69, 9.17) is 5.11 Å². The number of hydrogen-bond donors (Lipinski definition) is 2. The number of amides is 1. The molecule has 2 aliphatic heterocycles. The molecule has 18 heavy (non-hydrogen) atoms. The van der Waals surface area contributed by atoms with E-state index in [-0.39, 0.29) is 6.61 Å². The molecule has 0 saturated carbocycles. The lowest BCUT2D eigenvalue weighted by Crippen LogP contribution is -2.47. The van der Waals surface area contributed by atoms with Crippen LogP contribution in [0, 0.1) is 5.92 Å². The number of likely N-dealkylation sites (tertiary alicyclic amines) is 1. The van der Waals surface area contributed by atoms with E-state index >= 15 is 0 Å². The third kappa shape index (κ3) is 3.93. The van der Waals surface area contributed by atoms with Crippen molar-refractivity contribution in [3.05, 3.63) is 0 Å². The average molecular weight is 255 g/mol. The first kappa shape index (κ1) is 13.8. The van der Waals surface area contributed by atoms with E-state index in [1.165, 1.54) is 6.42 Å². The molecule has 1 unspecified atom stereocenters. The van der Waals surface area contributed by atoms with Gasteiger partial charge in [-0.1, -0.05) is 0 Å². The van der Waals surface area contributed by atoms with Crippen molar-refractivity contribution < 1.29 is 9.90 Å². The Morgan fingerprint density at radius 2 is 2.06 bits per heavy atom. The number of carbonyl (C=O) groups excluding carboxylic acids is 1. The first-order chi connectivity index (χ1) is 8.79. The van der Waals surface area contributed by atoms with Crippen molar-refractivity contribution in [3.63, 3.8) is 0 Å². The van der Waals surface area contributed by atoms with E-state index in [0.717, 1.165) is 52.2 Å². The van der Waals surface area contributed by atoms with Gasteiger partial charge in [-0.15, -0.1) is 0 Å². The van der Waals surface area contributed by atoms with Crippen LogP contribution in [-0.2, 0) is 4.79 Å². The van der Waals surface area contributed by atoms with E-state index in [9.17, 15) is 4.79 Å². The Hall–Kier alpha value is -0.650. The summed E-state index contributed by atoms with van der Waals surface area (Å²) in [6.07, 6.45) is 2.72. The van der Waals surface area contributed by atoms with Crippen molar-refractivity contribution >= 4 is 5.91 Å². The molecule has 104 valence electrons. The number of carbonyl (C=O) groups is 1. The van der Waals surface area contributed by atoms with Crippen molar-refractivity contribution in [2.45, 2.75) is 19.3 Å². The van der Waals surface area contributed by atoms with Gasteiger partial charge in [-0.2, -0.15) is 0 Å². The summed E-state index contributed by atoms with van der Waals surface area (Å²) in [5.74, 6) is 0.923. The highest BCUT2D eigenvalue weighted by Gasteiger charge is 2.23. The predicted octanol–water partition coefficient (Wildman–Crippen LogP) is -0.487. The molecule has 0 aromatic carbocycles. The normalized spacial score (nSPS) is 25.6. The Bertz CT molecular complexity index is 267. The Kier molecular flexibility index (Phi) is 5.41. The fourth-order valence-electron chi connectivity index (χ4n) is 2.86. The van der Waals surface area contributed by atoms with E-state index in [0.29, 0.717) is 18.2 Å². The summed E-state index contributed by atoms with van der Waals surface area (Å²) < 4.78 is 0. The minimum absolute atomic E-state index is 0.290. The predicted molar refractivity (Wildman–Crippen MR) is 70.3 cm³/mol. The monoisotopic (exact) mass is 255 g/mol. The van der Waals surface area contributed by atoms with Gasteiger partial charge in [-0.3, -0.25) is 4.79 Å². The molecule has 0 radical (unpaired) electrons. The number of nitrogens with one attached hydrogen (secondary N) is 1. The minimum atomic E-state index is 0.290. The molecule has 5 heteroatoms. The zero-order valence-electron chi connectivity index (χ0n) is 11.1. The van der Waals surface area contributed by atoms with Gasteiger partial charge in [-0.05, 0) is 25.3 Å². The lowest BCUT2D eigenvalue weighted by molar-refractivity contribution is -0.132. The van der Waals surface area contributed by atoms with Crippen LogP contribution >= 0.6 is 0 Å². The zero-order chi connectivity index (χ0) is 12.8. The first-order valence-corrected chi connectivity index (χ1v) is 7.11. The molecule has 2 rings (SSSR count). The summed E-state index contributed by atoms with van der Waals surface area (Å²) in [7, 11) is 0. The molecule has 2 heterocycles. The third-order valence-electron chi connectivity index (χ3n) is 4.02. The zero-order valence-corrected chi connectivity index (χ0v) is 11.1. The summed E-state index contributed by atoms with van der Waals surface area (Å²) in [6.45, 7) is 6.86. The SMILES string of the molecule is O=C(CCN1CCC(CCO)C1)N1CCNCC1. The molecular formula is C13H25N3O2. The molecular weight excluding hydrogens is 230 g/mol. The van der Waals surface area contributed by atoms with Crippen LogP contribution in [0.4, 0.5) is 0 Å². The van der Waals surface area contributed by atoms with E-state index in [1.807, 2.05) is 4.90 Å². The van der Waals surface area contributed by atoms with Gasteiger partial charge in [0.15, 0.2) is 0 Å². The maximum absolute atomic E-state index is 12.0. The van der Waals surface area contributed by atoms with Gasteiger partial charge < -0.3 is 20.2 Å². The third-order valence-corrected chi connectivity index (χ3v) is 4.02. The highest BCUT2D eigenvalue weighted by Crippen LogP contribution is 2.19. The summed E-state index contributed by atoms with van der Waals surface area (Å²) in [5.41, 5.74) is 0. The van der Waals surface area contributed by atoms with Crippen LogP contribution in [0.5, 0.6) is 0 Å². The van der Waals surface area contributed by atoms with Crippen LogP contribution in [0.25, 0.3) is 0 Å². The maximum atomic E-state index is 12.0. The van der Waals surface area contributed by atoms with E-state index < -0.39 is 0 Å². The second-order valence-electron chi connectivity index (χ2n) is 5.35. The summed E-state index contributed by atoms with van der Waals surface area (Å²) in [5, 5.41) is 12.2. The topological polar surface area (TPSA) is 55.8 Å². The van der Waals surface area contributed by atoms with Gasteiger partial charge in [0.25, 0.3) is 0 Å². The number of piperazine rings is 1. The molecule has 5 nitrogen and oxygen atoms in total. The second-order valence-corrected chi connectivity index (χ2v) is 5.35. The molecule has 0 bridgehead atoms. The summed E-state index contributed by atoms with van der Waals surface area (Å²) >= 11 is 0. The molecule has 2 N–H and O–H groups in total. The van der Waals surface area contributed by atoms with Gasteiger partial charge in [0.2, 0.25) is 5.91 Å². The highest BCUT2D eigenvalue weighted by atomic mass is 16.3. The van der Waals surface area contributed by atoms with Crippen molar-refractivity contribution in [2.24, 2.45) is 5.92 Å². The van der Waals surface area contributed by atoms with Crippen LogP contribution in [0.3, 0.4) is 0 Å². The van der Waals surface area contributed by atoms with Crippen molar-refractivity contribution in [1.29, 1.82) is 0 Å². The number of aliphatic hydroxyl groups excluding tert-OH is 1. The van der Waals surface area contributed by atoms with Crippen LogP contribution in [0.15, 0.2) is 0 Å². The molecule has 1 atom stereocenters. The van der Waals surface area contributed by atoms with Crippen LogP contribution in [0.2, 0.25) is 0 Å². The first-order valence-electron chi connectivity index (χ1n) is 7.11. The molecule has 1 amide bonds. The summed E-state index contributed by atoms with van der Waals surface area (Å²) in [4.78, 5) is 16.3. The Labute approximate surface area is 109 Å². The molecule has 2 fully saturated rings. The fourth-order valence-corrected chi connectivity index (χ4v) is 2.86. The largest absolute Gasteiger partial charge is 0.396 e. The standard InChI is InChI=1S/C13H25N3O2/c17-10-3-12-1-6-15(11-12)7-2-13(18)16-8-4-14-5-9-16/h12,14,17H,1-11H2. The number of rotatable bonds is 5. The van der Waals surface area contributed by atoms with Gasteiger partial charge in [0.05, 0.1) is 0 Å². The molecule has 2 saturated heterocycles. The van der Waals surface area contributed by atoms with Gasteiger partial charge in [0, 0.05) is 52.3 Å². The Morgan fingerprint density at radius 1 is 1.28 bits per heavy atom. The van der Waals surface area contributed by atoms with Crippen molar-refractivity contribution in [3.8, 4) is 0 Å². The van der Waals surface area contributed by atoms with Crippen molar-refractivity contribution in [2.75, 3.05) is 52.4 Å². The van der Waals surface area contributed by atoms with Gasteiger partial charge in [-0.25, -0.2) is 0 Å². The van der Waals surface area contributed by atoms with E-state index in [1.54, 1.807) is 0 Å².